The minimum atomic E-state index is -0.724. The zero-order valence-corrected chi connectivity index (χ0v) is 11.7. The normalized spacial score (nSPS) is 10.4. The second-order valence-electron chi connectivity index (χ2n) is 4.56. The molecule has 23 heavy (non-hydrogen) atoms. The van der Waals surface area contributed by atoms with Crippen molar-refractivity contribution in [3.05, 3.63) is 59.2 Å². The summed E-state index contributed by atoms with van der Waals surface area (Å²) in [5, 5.41) is 20.8. The summed E-state index contributed by atoms with van der Waals surface area (Å²) in [6.45, 7) is -0.183. The molecule has 10 heteroatoms. The fraction of sp³-hybridized carbons (Fsp3) is 0.0769. The summed E-state index contributed by atoms with van der Waals surface area (Å²) in [4.78, 5) is 25.1. The van der Waals surface area contributed by atoms with Gasteiger partial charge in [-0.1, -0.05) is 23.2 Å². The van der Waals surface area contributed by atoms with E-state index in [1.54, 1.807) is 10.9 Å². The third kappa shape index (κ3) is 3.37. The molecule has 3 rings (SSSR count). The first-order chi connectivity index (χ1) is 11.1. The Morgan fingerprint density at radius 1 is 1.30 bits per heavy atom. The van der Waals surface area contributed by atoms with Gasteiger partial charge in [-0.25, -0.2) is 4.68 Å². The molecule has 0 atom stereocenters. The van der Waals surface area contributed by atoms with Crippen molar-refractivity contribution in [2.24, 2.45) is 0 Å². The maximum Gasteiger partial charge on any atom is 0.490 e. The second kappa shape index (κ2) is 6.05. The average Bonchev–Trinajstić information content (AvgIpc) is 3.18. The molecule has 0 aliphatic carbocycles. The highest BCUT2D eigenvalue weighted by Crippen LogP contribution is 2.11. The van der Waals surface area contributed by atoms with Gasteiger partial charge in [0.1, 0.15) is 6.54 Å². The lowest BCUT2D eigenvalue weighted by Gasteiger charge is -2.01. The van der Waals surface area contributed by atoms with E-state index in [4.69, 9.17) is 0 Å². The van der Waals surface area contributed by atoms with Gasteiger partial charge < -0.3 is 15.4 Å². The number of para-hydroxylation sites is 1. The average molecular weight is 313 g/mol. The lowest BCUT2D eigenvalue weighted by Crippen LogP contribution is -2.18. The lowest BCUT2D eigenvalue weighted by molar-refractivity contribution is -0.394. The third-order valence-electron chi connectivity index (χ3n) is 2.88. The fourth-order valence-electron chi connectivity index (χ4n) is 1.90. The van der Waals surface area contributed by atoms with Crippen LogP contribution in [0.15, 0.2) is 49.1 Å². The van der Waals surface area contributed by atoms with Crippen molar-refractivity contribution in [1.82, 2.24) is 24.5 Å². The molecule has 0 spiro atoms. The van der Waals surface area contributed by atoms with E-state index < -0.39 is 16.8 Å². The van der Waals surface area contributed by atoms with Crippen molar-refractivity contribution in [2.75, 3.05) is 5.32 Å². The van der Waals surface area contributed by atoms with E-state index in [9.17, 15) is 14.9 Å². The van der Waals surface area contributed by atoms with Gasteiger partial charge in [0.05, 0.1) is 23.8 Å². The maximum absolute atomic E-state index is 11.9. The summed E-state index contributed by atoms with van der Waals surface area (Å²) < 4.78 is 2.71. The Labute approximate surface area is 129 Å². The zero-order chi connectivity index (χ0) is 16.2. The molecule has 2 heterocycles. The first-order valence-electron chi connectivity index (χ1n) is 6.55. The van der Waals surface area contributed by atoms with Crippen LogP contribution < -0.4 is 5.32 Å². The number of rotatable bonds is 5. The molecular formula is C13H11N7O3. The van der Waals surface area contributed by atoms with Crippen LogP contribution in [0.3, 0.4) is 0 Å². The summed E-state index contributed by atoms with van der Waals surface area (Å²) >= 11 is 0. The number of nitro groups is 1. The number of nitrogens with one attached hydrogen (secondary N) is 1. The maximum atomic E-state index is 11.9. The van der Waals surface area contributed by atoms with E-state index in [1.807, 2.05) is 30.3 Å². The van der Waals surface area contributed by atoms with Crippen LogP contribution >= 0.6 is 0 Å². The molecule has 0 radical (unpaired) electrons. The number of aromatic nitrogens is 5. The van der Waals surface area contributed by atoms with E-state index in [0.717, 1.165) is 16.7 Å². The Kier molecular flexibility index (Phi) is 3.78. The Hall–Kier alpha value is -3.56. The summed E-state index contributed by atoms with van der Waals surface area (Å²) in [5.41, 5.74) is 1.37. The molecule has 10 nitrogen and oxygen atoms in total. The molecule has 0 saturated heterocycles. The third-order valence-corrected chi connectivity index (χ3v) is 2.88. The molecule has 0 unspecified atom stereocenters. The van der Waals surface area contributed by atoms with Gasteiger partial charge in [-0.05, 0) is 17.1 Å². The first kappa shape index (κ1) is 14.4. The van der Waals surface area contributed by atoms with Gasteiger partial charge in [0.2, 0.25) is 12.2 Å². The molecule has 1 aromatic carbocycles. The molecule has 3 aromatic rings. The van der Waals surface area contributed by atoms with Crippen LogP contribution in [0.1, 0.15) is 0 Å². The standard InChI is InChI=1S/C13H11N7O3/c21-12(8-18-9-14-13(17-18)20(22)23)16-10-6-15-19(7-10)11-4-2-1-3-5-11/h1-7,9H,8H2,(H,16,21). The number of anilines is 1. The van der Waals surface area contributed by atoms with E-state index in [0.29, 0.717) is 5.69 Å². The van der Waals surface area contributed by atoms with Gasteiger partial charge in [-0.2, -0.15) is 9.78 Å². The van der Waals surface area contributed by atoms with Crippen LogP contribution in [-0.2, 0) is 11.3 Å². The highest BCUT2D eigenvalue weighted by atomic mass is 16.6. The van der Waals surface area contributed by atoms with Gasteiger partial charge in [0.25, 0.3) is 0 Å². The van der Waals surface area contributed by atoms with Crippen molar-refractivity contribution in [3.8, 4) is 5.69 Å². The molecule has 0 saturated carbocycles. The molecule has 0 fully saturated rings. The summed E-state index contributed by atoms with van der Waals surface area (Å²) in [5.74, 6) is -0.938. The SMILES string of the molecule is O=C(Cn1cnc([N+](=O)[O-])n1)Nc1cnn(-c2ccccc2)c1. The molecule has 0 aliphatic rings. The van der Waals surface area contributed by atoms with Crippen molar-refractivity contribution < 1.29 is 9.72 Å². The predicted molar refractivity (Wildman–Crippen MR) is 78.9 cm³/mol. The zero-order valence-electron chi connectivity index (χ0n) is 11.7. The smallest absolute Gasteiger partial charge is 0.390 e. The number of hydrogen-bond acceptors (Lipinski definition) is 6. The van der Waals surface area contributed by atoms with Gasteiger partial charge in [-0.3, -0.25) is 4.79 Å². The number of amides is 1. The van der Waals surface area contributed by atoms with Crippen LogP contribution in [0.2, 0.25) is 0 Å². The number of carbonyl (C=O) groups is 1. The molecule has 1 N–H and O–H groups in total. The van der Waals surface area contributed by atoms with Gasteiger partial charge in [0.15, 0.2) is 0 Å². The molecule has 0 aliphatic heterocycles. The molecule has 0 bridgehead atoms. The molecule has 2 aromatic heterocycles. The second-order valence-corrected chi connectivity index (χ2v) is 4.56. The number of hydrogen-bond donors (Lipinski definition) is 1. The Morgan fingerprint density at radius 3 is 2.78 bits per heavy atom. The lowest BCUT2D eigenvalue weighted by atomic mass is 10.3. The number of nitrogens with zero attached hydrogens (tertiary/aromatic N) is 6. The highest BCUT2D eigenvalue weighted by molar-refractivity contribution is 5.90. The monoisotopic (exact) mass is 313 g/mol. The van der Waals surface area contributed by atoms with Crippen molar-refractivity contribution >= 4 is 17.5 Å². The van der Waals surface area contributed by atoms with Gasteiger partial charge in [-0.15, -0.1) is 0 Å². The minimum Gasteiger partial charge on any atom is -0.390 e. The molecular weight excluding hydrogens is 302 g/mol. The number of carbonyl (C=O) groups excluding carboxylic acids is 1. The minimum absolute atomic E-state index is 0.183. The Balaban J connectivity index is 1.64. The number of benzene rings is 1. The summed E-state index contributed by atoms with van der Waals surface area (Å²) in [6, 6.07) is 9.42. The summed E-state index contributed by atoms with van der Waals surface area (Å²) in [6.07, 6.45) is 4.30. The van der Waals surface area contributed by atoms with Crippen LogP contribution in [-0.4, -0.2) is 35.4 Å². The quantitative estimate of drug-likeness (QED) is 0.554. The van der Waals surface area contributed by atoms with Gasteiger partial charge >= 0.3 is 5.95 Å². The highest BCUT2D eigenvalue weighted by Gasteiger charge is 2.15. The first-order valence-corrected chi connectivity index (χ1v) is 6.55. The fourth-order valence-corrected chi connectivity index (χ4v) is 1.90. The van der Waals surface area contributed by atoms with Crippen LogP contribution in [0.25, 0.3) is 5.69 Å². The Bertz CT molecular complexity index is 840. The molecule has 1 amide bonds. The Morgan fingerprint density at radius 2 is 2.09 bits per heavy atom. The van der Waals surface area contributed by atoms with E-state index in [1.165, 1.54) is 6.20 Å². The van der Waals surface area contributed by atoms with E-state index in [-0.39, 0.29) is 6.54 Å². The van der Waals surface area contributed by atoms with E-state index >= 15 is 0 Å². The van der Waals surface area contributed by atoms with Crippen LogP contribution in [0.5, 0.6) is 0 Å². The van der Waals surface area contributed by atoms with Crippen LogP contribution in [0, 0.1) is 10.1 Å². The predicted octanol–water partition coefficient (Wildman–Crippen LogP) is 1.01. The largest absolute Gasteiger partial charge is 0.490 e. The van der Waals surface area contributed by atoms with E-state index in [2.05, 4.69) is 20.5 Å². The van der Waals surface area contributed by atoms with Crippen LogP contribution in [0.4, 0.5) is 11.6 Å². The van der Waals surface area contributed by atoms with Crippen molar-refractivity contribution in [3.63, 3.8) is 0 Å². The summed E-state index contributed by atoms with van der Waals surface area (Å²) in [7, 11) is 0. The van der Waals surface area contributed by atoms with Gasteiger partial charge in [0, 0.05) is 5.10 Å². The van der Waals surface area contributed by atoms with Crippen molar-refractivity contribution in [2.45, 2.75) is 6.54 Å². The van der Waals surface area contributed by atoms with Crippen molar-refractivity contribution in [1.29, 1.82) is 0 Å². The topological polar surface area (TPSA) is 121 Å². The molecule has 116 valence electrons.